The first kappa shape index (κ1) is 120. The van der Waals surface area contributed by atoms with Gasteiger partial charge in [0.1, 0.15) is 88.0 Å². The molecule has 0 spiro atoms. The van der Waals surface area contributed by atoms with Crippen LogP contribution in [0.5, 0.6) is 0 Å². The van der Waals surface area contributed by atoms with Crippen molar-refractivity contribution in [3.63, 3.8) is 0 Å². The zero-order valence-electron chi connectivity index (χ0n) is 62.2. The highest BCUT2D eigenvalue weighted by atomic mass is 31.2. The maximum absolute atomic E-state index is 11.5. The molecule has 646 valence electrons. The summed E-state index contributed by atoms with van der Waals surface area (Å²) in [5.41, 5.74) is 0. The van der Waals surface area contributed by atoms with E-state index in [0.717, 1.165) is 0 Å². The van der Waals surface area contributed by atoms with Crippen molar-refractivity contribution in [3.8, 4) is 0 Å². The molecule has 0 aromatic carbocycles. The van der Waals surface area contributed by atoms with E-state index in [1.807, 2.05) is 0 Å². The summed E-state index contributed by atoms with van der Waals surface area (Å²) in [6.07, 6.45) is -5.18. The van der Waals surface area contributed by atoms with Crippen LogP contribution in [0.1, 0.15) is 157 Å². The third-order valence-corrected chi connectivity index (χ3v) is 14.0. The molecule has 50 nitrogen and oxygen atoms in total. The molecular weight excluding hydrogens is 1650 g/mol. The minimum atomic E-state index is -4.50. The van der Waals surface area contributed by atoms with Crippen LogP contribution in [-0.4, -0.2) is 242 Å². The molecule has 58 heteroatoms. The van der Waals surface area contributed by atoms with Crippen molar-refractivity contribution >= 4 is 116 Å². The molecule has 10 unspecified atom stereocenters. The normalized spacial score (nSPS) is 14.5. The fourth-order valence-corrected chi connectivity index (χ4v) is 9.47. The molecule has 0 bridgehead atoms. The van der Waals surface area contributed by atoms with Gasteiger partial charge in [0.2, 0.25) is 0 Å². The van der Waals surface area contributed by atoms with Crippen molar-refractivity contribution in [3.05, 3.63) is 0 Å². The number of phosphoric ester groups is 8. The Kier molecular flexibility index (Phi) is 70.5. The maximum atomic E-state index is 11.5. The van der Waals surface area contributed by atoms with Gasteiger partial charge in [-0.2, -0.15) is 0 Å². The highest BCUT2D eigenvalue weighted by Crippen LogP contribution is 2.45. The van der Waals surface area contributed by atoms with Crippen molar-refractivity contribution in [2.75, 3.05) is 59.5 Å². The van der Waals surface area contributed by atoms with E-state index < -0.39 is 171 Å². The Hall–Kier alpha value is -3.89. The van der Waals surface area contributed by atoms with Gasteiger partial charge in [-0.05, 0) is 61.3 Å². The number of hydrogen-bond acceptors (Lipinski definition) is 35. The summed E-state index contributed by atoms with van der Waals surface area (Å²) in [4.78, 5) is 221. The summed E-state index contributed by atoms with van der Waals surface area (Å²) in [6, 6.07) is 0. The quantitative estimate of drug-likeness (QED) is 0.0237. The van der Waals surface area contributed by atoms with Gasteiger partial charge in [-0.25, -0.2) is 36.5 Å². The minimum absolute atomic E-state index is 0.131. The van der Waals surface area contributed by atoms with E-state index in [0.29, 0.717) is 12.8 Å². The minimum Gasteiger partial charge on any atom is -0.463 e. The summed E-state index contributed by atoms with van der Waals surface area (Å²) in [5.74, 6) is -4.38. The second-order valence-corrected chi connectivity index (χ2v) is 30.4. The van der Waals surface area contributed by atoms with Gasteiger partial charge in [-0.1, -0.05) is 34.6 Å². The topological polar surface area (TPSA) is 760 Å². The van der Waals surface area contributed by atoms with Gasteiger partial charge < -0.3 is 116 Å². The Balaban J connectivity index is -0.000000177. The Morgan fingerprint density at radius 1 is 0.250 bits per heavy atom. The van der Waals surface area contributed by atoms with E-state index in [4.69, 9.17) is 77.8 Å². The molecule has 0 saturated carbocycles. The van der Waals surface area contributed by atoms with Crippen LogP contribution in [0.15, 0.2) is 0 Å². The summed E-state index contributed by atoms with van der Waals surface area (Å²) < 4.78 is 163. The van der Waals surface area contributed by atoms with E-state index in [-0.39, 0.29) is 78.7 Å². The number of carbonyl (C=O) groups excluding carboxylic acids is 9. The van der Waals surface area contributed by atoms with E-state index in [1.54, 1.807) is 34.6 Å². The van der Waals surface area contributed by atoms with Crippen molar-refractivity contribution < 1.29 is 236 Å². The van der Waals surface area contributed by atoms with Gasteiger partial charge in [-0.3, -0.25) is 83.9 Å². The van der Waals surface area contributed by atoms with Crippen molar-refractivity contribution in [2.45, 2.75) is 212 Å². The summed E-state index contributed by atoms with van der Waals surface area (Å²) >= 11 is 0. The van der Waals surface area contributed by atoms with Crippen LogP contribution in [0.2, 0.25) is 0 Å². The van der Waals surface area contributed by atoms with Gasteiger partial charge in [0.15, 0.2) is 0 Å². The second kappa shape index (κ2) is 63.5. The van der Waals surface area contributed by atoms with Crippen LogP contribution < -0.4 is 0 Å². The average molecular weight is 1760 g/mol. The van der Waals surface area contributed by atoms with Crippen LogP contribution in [0.3, 0.4) is 0 Å². The van der Waals surface area contributed by atoms with Crippen LogP contribution in [-0.2, 0) is 163 Å². The zero-order valence-corrected chi connectivity index (χ0v) is 69.3. The standard InChI is InChI=1S/C10H19O8P.C7H15O6P.3C6H13O6P.3C5H11O6P/c1-7(17-10(4)12)6-16-19(13,14)18-8(2)5-15-9(3)11;1-3-6(13-14(9,10)11)5-12-7(8)4-2;1-3-6(4-11-5(2)7)12-13(8,9)10;1-3-6(7)12-5(2)4-11-13(8,9)10;1-3-6(7)11-4-5(2)12-13(8,9)10;2*1-4(11-5(2)6)3-10-12(7,8)9;1-4(3-10-5(2)6)11-12(7,8)9/h7-8H,5-6H2,1-4H3,(H,13,14);6H,3-5H2,1-2H3,(H2,9,10,11);6H,3-4H2,1-2H3,(H2,8,9,10);2*5H,3-4H2,1-2H3,(H2,8,9,10);3*4H,3H2,1-2H3,(H2,7,8,9). The highest BCUT2D eigenvalue weighted by molar-refractivity contribution is 7.48. The number of esters is 9. The maximum Gasteiger partial charge on any atom is 0.472 e. The Labute approximate surface area is 621 Å². The fraction of sp³-hybridized carbons (Fsp3) is 0.820. The molecule has 0 rings (SSSR count). The molecule has 15 N–H and O–H groups in total. The molecule has 0 aliphatic heterocycles. The van der Waals surface area contributed by atoms with Crippen molar-refractivity contribution in [2.24, 2.45) is 0 Å². The lowest BCUT2D eigenvalue weighted by Crippen LogP contribution is -2.20. The molecule has 10 atom stereocenters. The predicted octanol–water partition coefficient (Wildman–Crippen LogP) is 3.30. The average Bonchev–Trinajstić information content (AvgIpc) is 0.967. The van der Waals surface area contributed by atoms with Gasteiger partial charge in [-0.15, -0.1) is 0 Å². The third kappa shape index (κ3) is 113. The number of hydrogen-bond donors (Lipinski definition) is 15. The lowest BCUT2D eigenvalue weighted by molar-refractivity contribution is -0.150. The molecular formula is C50H106O50P8. The number of phosphoric acid groups is 8. The summed E-state index contributed by atoms with van der Waals surface area (Å²) in [6.45, 7) is 23.7. The van der Waals surface area contributed by atoms with Gasteiger partial charge in [0.05, 0.1) is 26.4 Å². The predicted molar refractivity (Wildman–Crippen MR) is 362 cm³/mol. The smallest absolute Gasteiger partial charge is 0.463 e. The van der Waals surface area contributed by atoms with E-state index in [2.05, 4.69) is 74.1 Å². The lowest BCUT2D eigenvalue weighted by Gasteiger charge is -2.19. The Morgan fingerprint density at radius 3 is 0.704 bits per heavy atom. The fourth-order valence-electron chi connectivity index (χ4n) is 5.03. The monoisotopic (exact) mass is 1750 g/mol. The highest BCUT2D eigenvalue weighted by Gasteiger charge is 2.28. The van der Waals surface area contributed by atoms with Crippen LogP contribution in [0.25, 0.3) is 0 Å². The Morgan fingerprint density at radius 2 is 0.472 bits per heavy atom. The molecule has 0 aliphatic carbocycles. The van der Waals surface area contributed by atoms with Crippen LogP contribution in [0, 0.1) is 0 Å². The van der Waals surface area contributed by atoms with Crippen LogP contribution >= 0.6 is 62.6 Å². The Bertz CT molecular complexity index is 2900. The van der Waals surface area contributed by atoms with Crippen molar-refractivity contribution in [1.29, 1.82) is 0 Å². The summed E-state index contributed by atoms with van der Waals surface area (Å²) in [5, 5.41) is 0. The number of ether oxygens (including phenoxy) is 9. The SMILES string of the molecule is CC(=O)OC(C)COP(=O)(O)O.CC(=O)OC(C)COP(=O)(O)O.CC(=O)OCC(C)OP(=O)(O)O.CC(=O)OCC(C)OP(=O)(O)OCC(C)OC(C)=O.CCC(=O)OC(C)COP(=O)(O)O.CCC(=O)OCC(C)OP(=O)(O)O.CCC(=O)OCC(CC)OP(=O)(O)O.CCC(COC(C)=O)OP(=O)(O)O. The first-order valence-electron chi connectivity index (χ1n) is 30.6. The molecule has 0 heterocycles. The first-order chi connectivity index (χ1) is 48.5. The first-order valence-corrected chi connectivity index (χ1v) is 42.8. The molecule has 0 fully saturated rings. The van der Waals surface area contributed by atoms with E-state index >= 15 is 0 Å². The van der Waals surface area contributed by atoms with Gasteiger partial charge >= 0.3 is 116 Å². The lowest BCUT2D eigenvalue weighted by atomic mass is 10.3. The zero-order chi connectivity index (χ0) is 87.0. The summed E-state index contributed by atoms with van der Waals surface area (Å²) in [7, 11) is -35.6. The largest absolute Gasteiger partial charge is 0.472 e. The molecule has 0 aromatic rings. The molecule has 0 aliphatic rings. The molecule has 0 radical (unpaired) electrons. The molecule has 0 aromatic heterocycles. The van der Waals surface area contributed by atoms with Crippen molar-refractivity contribution in [1.82, 2.24) is 0 Å². The van der Waals surface area contributed by atoms with Gasteiger partial charge in [0.25, 0.3) is 0 Å². The van der Waals surface area contributed by atoms with Gasteiger partial charge in [0, 0.05) is 60.8 Å². The molecule has 108 heavy (non-hydrogen) atoms. The van der Waals surface area contributed by atoms with E-state index in [9.17, 15) is 84.6 Å². The third-order valence-electron chi connectivity index (χ3n) is 9.06. The number of rotatable bonds is 41. The number of carbonyl (C=O) groups is 9. The van der Waals surface area contributed by atoms with E-state index in [1.165, 1.54) is 90.0 Å². The van der Waals surface area contributed by atoms with Crippen LogP contribution in [0.4, 0.5) is 0 Å². The molecule has 0 amide bonds. The molecule has 0 saturated heterocycles. The second-order valence-electron chi connectivity index (χ2n) is 20.5.